The van der Waals surface area contributed by atoms with Crippen molar-refractivity contribution in [3.8, 4) is 0 Å². The van der Waals surface area contributed by atoms with E-state index in [-0.39, 0.29) is 18.7 Å². The molecule has 3 amide bonds. The molecule has 1 saturated heterocycles. The number of carbonyl (C=O) groups excluding carboxylic acids is 3. The van der Waals surface area contributed by atoms with Crippen LogP contribution in [0, 0.1) is 0 Å². The van der Waals surface area contributed by atoms with Crippen LogP contribution < -0.4 is 16.4 Å². The molecule has 1 aliphatic rings. The van der Waals surface area contributed by atoms with Crippen molar-refractivity contribution in [3.63, 3.8) is 0 Å². The lowest BCUT2D eigenvalue weighted by Gasteiger charge is -2.28. The van der Waals surface area contributed by atoms with Gasteiger partial charge in [-0.2, -0.15) is 12.6 Å². The van der Waals surface area contributed by atoms with Crippen molar-refractivity contribution in [1.29, 1.82) is 0 Å². The monoisotopic (exact) mass is 422 g/mol. The molecule has 1 fully saturated rings. The molecule has 2 rings (SSSR count). The number of nitrogens with two attached hydrogens (primary N) is 1. The topological polar surface area (TPSA) is 142 Å². The number of amides is 3. The molecule has 0 saturated carbocycles. The zero-order valence-electron chi connectivity index (χ0n) is 15.9. The van der Waals surface area contributed by atoms with E-state index in [1.54, 1.807) is 0 Å². The molecule has 1 aromatic rings. The van der Waals surface area contributed by atoms with Crippen molar-refractivity contribution in [2.24, 2.45) is 5.73 Å². The van der Waals surface area contributed by atoms with Gasteiger partial charge >= 0.3 is 5.97 Å². The number of hydrogen-bond acceptors (Lipinski definition) is 6. The molecule has 1 aliphatic heterocycles. The second-order valence-electron chi connectivity index (χ2n) is 6.79. The molecule has 29 heavy (non-hydrogen) atoms. The maximum Gasteiger partial charge on any atom is 0.326 e. The minimum absolute atomic E-state index is 0.00367. The molecule has 1 heterocycles. The Labute approximate surface area is 174 Å². The fourth-order valence-electron chi connectivity index (χ4n) is 3.26. The Morgan fingerprint density at radius 2 is 1.86 bits per heavy atom. The van der Waals surface area contributed by atoms with Crippen LogP contribution in [0.2, 0.25) is 0 Å². The molecule has 3 atom stereocenters. The van der Waals surface area contributed by atoms with Crippen LogP contribution in [0.1, 0.15) is 18.4 Å². The molecule has 0 aromatic heterocycles. The Bertz CT molecular complexity index is 745. The van der Waals surface area contributed by atoms with Crippen LogP contribution in [-0.2, 0) is 25.6 Å². The van der Waals surface area contributed by atoms with Crippen LogP contribution >= 0.6 is 12.6 Å². The van der Waals surface area contributed by atoms with Gasteiger partial charge in [0.15, 0.2) is 0 Å². The van der Waals surface area contributed by atoms with Gasteiger partial charge in [-0.25, -0.2) is 4.79 Å². The number of carbonyl (C=O) groups is 4. The van der Waals surface area contributed by atoms with Gasteiger partial charge in [0.05, 0.1) is 6.54 Å². The van der Waals surface area contributed by atoms with Gasteiger partial charge in [-0.05, 0) is 18.4 Å². The molecule has 158 valence electrons. The predicted octanol–water partition coefficient (Wildman–Crippen LogP) is -0.837. The standard InChI is InChI=1S/C19H26N4O5S/c20-10-16(24)21-13(9-12-5-2-1-3-6-12)17(25)22-14(11-29)18(26)23-8-4-7-15(23)19(27)28/h1-3,5-6,13-15,29H,4,7-11,20H2,(H,21,24)(H,22,25)(H,27,28). The number of aliphatic carboxylic acids is 1. The van der Waals surface area contributed by atoms with Gasteiger partial charge in [0.2, 0.25) is 17.7 Å². The van der Waals surface area contributed by atoms with E-state index in [9.17, 15) is 24.3 Å². The Balaban J connectivity index is 2.11. The summed E-state index contributed by atoms with van der Waals surface area (Å²) in [6.45, 7) is 0.0366. The van der Waals surface area contributed by atoms with Crippen molar-refractivity contribution < 1.29 is 24.3 Å². The Morgan fingerprint density at radius 3 is 2.45 bits per heavy atom. The average molecular weight is 423 g/mol. The number of nitrogens with one attached hydrogen (secondary N) is 2. The van der Waals surface area contributed by atoms with Crippen molar-refractivity contribution in [3.05, 3.63) is 35.9 Å². The molecular formula is C19H26N4O5S. The minimum atomic E-state index is -1.07. The second kappa shape index (κ2) is 10.8. The highest BCUT2D eigenvalue weighted by Crippen LogP contribution is 2.19. The van der Waals surface area contributed by atoms with Crippen LogP contribution in [0.4, 0.5) is 0 Å². The van der Waals surface area contributed by atoms with Crippen molar-refractivity contribution in [2.75, 3.05) is 18.8 Å². The van der Waals surface area contributed by atoms with Gasteiger partial charge in [0.1, 0.15) is 18.1 Å². The first-order valence-electron chi connectivity index (χ1n) is 9.35. The number of benzene rings is 1. The highest BCUT2D eigenvalue weighted by molar-refractivity contribution is 7.80. The van der Waals surface area contributed by atoms with E-state index < -0.39 is 41.8 Å². The Kier molecular flexibility index (Phi) is 8.47. The summed E-state index contributed by atoms with van der Waals surface area (Å²) in [6, 6.07) is 6.26. The number of carboxylic acid groups (broad SMARTS) is 1. The second-order valence-corrected chi connectivity index (χ2v) is 7.15. The first-order valence-corrected chi connectivity index (χ1v) is 9.98. The first-order chi connectivity index (χ1) is 13.9. The summed E-state index contributed by atoms with van der Waals surface area (Å²) in [5.41, 5.74) is 6.17. The summed E-state index contributed by atoms with van der Waals surface area (Å²) in [7, 11) is 0. The van der Waals surface area contributed by atoms with E-state index in [0.717, 1.165) is 5.56 Å². The predicted molar refractivity (Wildman–Crippen MR) is 109 cm³/mol. The maximum absolute atomic E-state index is 12.8. The summed E-state index contributed by atoms with van der Waals surface area (Å²) < 4.78 is 0. The summed E-state index contributed by atoms with van der Waals surface area (Å²) >= 11 is 4.14. The minimum Gasteiger partial charge on any atom is -0.480 e. The van der Waals surface area contributed by atoms with Gasteiger partial charge in [0.25, 0.3) is 0 Å². The molecule has 0 aliphatic carbocycles. The third-order valence-corrected chi connectivity index (χ3v) is 5.10. The third-order valence-electron chi connectivity index (χ3n) is 4.74. The lowest BCUT2D eigenvalue weighted by molar-refractivity contribution is -0.149. The average Bonchev–Trinajstić information content (AvgIpc) is 3.21. The summed E-state index contributed by atoms with van der Waals surface area (Å²) in [5, 5.41) is 14.4. The van der Waals surface area contributed by atoms with E-state index in [0.29, 0.717) is 19.4 Å². The molecule has 1 aromatic carbocycles. The van der Waals surface area contributed by atoms with Gasteiger partial charge < -0.3 is 26.4 Å². The van der Waals surface area contributed by atoms with Crippen LogP contribution in [0.5, 0.6) is 0 Å². The first kappa shape index (κ1) is 22.7. The number of thiol groups is 1. The van der Waals surface area contributed by atoms with E-state index in [4.69, 9.17) is 5.73 Å². The smallest absolute Gasteiger partial charge is 0.326 e. The molecule has 0 radical (unpaired) electrons. The van der Waals surface area contributed by atoms with Crippen LogP contribution in [0.15, 0.2) is 30.3 Å². The number of rotatable bonds is 9. The van der Waals surface area contributed by atoms with E-state index >= 15 is 0 Å². The lowest BCUT2D eigenvalue weighted by Crippen LogP contribution is -2.57. The number of nitrogens with zero attached hydrogens (tertiary/aromatic N) is 1. The van der Waals surface area contributed by atoms with Gasteiger partial charge in [-0.3, -0.25) is 14.4 Å². The normalized spacial score (nSPS) is 18.0. The zero-order valence-corrected chi connectivity index (χ0v) is 16.8. The molecule has 9 nitrogen and oxygen atoms in total. The number of hydrogen-bond donors (Lipinski definition) is 5. The summed E-state index contributed by atoms with van der Waals surface area (Å²) in [5.74, 6) is -2.63. The zero-order chi connectivity index (χ0) is 21.4. The van der Waals surface area contributed by atoms with Crippen molar-refractivity contribution >= 4 is 36.3 Å². The van der Waals surface area contributed by atoms with Crippen LogP contribution in [0.3, 0.4) is 0 Å². The van der Waals surface area contributed by atoms with Crippen molar-refractivity contribution in [1.82, 2.24) is 15.5 Å². The molecule has 3 unspecified atom stereocenters. The third kappa shape index (κ3) is 6.20. The molecule has 0 spiro atoms. The van der Waals surface area contributed by atoms with Gasteiger partial charge in [0, 0.05) is 18.7 Å². The SMILES string of the molecule is NCC(=O)NC(Cc1ccccc1)C(=O)NC(CS)C(=O)N1CCCC1C(=O)O. The van der Waals surface area contributed by atoms with E-state index in [2.05, 4.69) is 23.3 Å². The number of carboxylic acids is 1. The quantitative estimate of drug-likeness (QED) is 0.329. The van der Waals surface area contributed by atoms with Crippen LogP contribution in [-0.4, -0.2) is 70.7 Å². The molecule has 10 heteroatoms. The summed E-state index contributed by atoms with van der Waals surface area (Å²) in [4.78, 5) is 50.0. The Morgan fingerprint density at radius 1 is 1.17 bits per heavy atom. The van der Waals surface area contributed by atoms with Gasteiger partial charge in [-0.1, -0.05) is 30.3 Å². The lowest BCUT2D eigenvalue weighted by atomic mass is 10.0. The van der Waals surface area contributed by atoms with Crippen LogP contribution in [0.25, 0.3) is 0 Å². The van der Waals surface area contributed by atoms with E-state index in [1.807, 2.05) is 30.3 Å². The molecule has 0 bridgehead atoms. The van der Waals surface area contributed by atoms with Gasteiger partial charge in [-0.15, -0.1) is 0 Å². The molecule has 5 N–H and O–H groups in total. The fraction of sp³-hybridized carbons (Fsp3) is 0.474. The van der Waals surface area contributed by atoms with E-state index in [1.165, 1.54) is 4.90 Å². The largest absolute Gasteiger partial charge is 0.480 e. The highest BCUT2D eigenvalue weighted by atomic mass is 32.1. The highest BCUT2D eigenvalue weighted by Gasteiger charge is 2.37. The van der Waals surface area contributed by atoms with Crippen molar-refractivity contribution in [2.45, 2.75) is 37.4 Å². The molecular weight excluding hydrogens is 396 g/mol. The maximum atomic E-state index is 12.8. The summed E-state index contributed by atoms with van der Waals surface area (Å²) in [6.07, 6.45) is 1.17. The Hall–Kier alpha value is -2.59. The fourth-order valence-corrected chi connectivity index (χ4v) is 3.50. The number of likely N-dealkylation sites (tertiary alicyclic amines) is 1.